The summed E-state index contributed by atoms with van der Waals surface area (Å²) in [6.07, 6.45) is 1.48. The van der Waals surface area contributed by atoms with Gasteiger partial charge in [-0.2, -0.15) is 5.10 Å². The Kier molecular flexibility index (Phi) is 5.52. The number of aryl methyl sites for hydroxylation is 1. The lowest BCUT2D eigenvalue weighted by atomic mass is 9.97. The smallest absolute Gasteiger partial charge is 0.218 e. The summed E-state index contributed by atoms with van der Waals surface area (Å²) in [6.45, 7) is 1.79. The van der Waals surface area contributed by atoms with Crippen LogP contribution in [0.2, 0.25) is 10.0 Å². The fraction of sp³-hybridized carbons (Fsp3) is 0.158. The number of hydrogen-bond acceptors (Lipinski definition) is 5. The highest BCUT2D eigenvalue weighted by Crippen LogP contribution is 2.38. The van der Waals surface area contributed by atoms with Gasteiger partial charge in [-0.1, -0.05) is 42.3 Å². The SMILES string of the molecule is CCc1n[nH]c(O)c1C(=O)c1ccc(S(C)(=O)=O)c(-c2ccc(Cl)cc2)c1Cl. The number of aromatic nitrogens is 2. The van der Waals surface area contributed by atoms with Crippen LogP contribution in [0, 0.1) is 0 Å². The summed E-state index contributed by atoms with van der Waals surface area (Å²) in [7, 11) is -3.63. The summed E-state index contributed by atoms with van der Waals surface area (Å²) >= 11 is 12.4. The molecule has 0 bridgehead atoms. The zero-order chi connectivity index (χ0) is 20.6. The number of carbonyl (C=O) groups excluding carboxylic acids is 1. The highest BCUT2D eigenvalue weighted by molar-refractivity contribution is 7.90. The molecule has 0 aliphatic heterocycles. The van der Waals surface area contributed by atoms with Gasteiger partial charge < -0.3 is 5.11 Å². The van der Waals surface area contributed by atoms with Crippen LogP contribution in [0.25, 0.3) is 11.1 Å². The molecule has 2 N–H and O–H groups in total. The van der Waals surface area contributed by atoms with Gasteiger partial charge in [-0.25, -0.2) is 13.5 Å². The summed E-state index contributed by atoms with van der Waals surface area (Å²) in [4.78, 5) is 13.0. The number of carbonyl (C=O) groups is 1. The molecule has 9 heteroatoms. The van der Waals surface area contributed by atoms with Gasteiger partial charge >= 0.3 is 0 Å². The van der Waals surface area contributed by atoms with Crippen molar-refractivity contribution in [2.45, 2.75) is 18.2 Å². The van der Waals surface area contributed by atoms with E-state index in [-0.39, 0.29) is 32.5 Å². The number of aromatic amines is 1. The van der Waals surface area contributed by atoms with E-state index < -0.39 is 15.6 Å². The Morgan fingerprint density at radius 3 is 2.36 bits per heavy atom. The van der Waals surface area contributed by atoms with Gasteiger partial charge in [0.2, 0.25) is 11.7 Å². The molecule has 0 radical (unpaired) electrons. The standard InChI is InChI=1S/C19H16Cl2N2O4S/c1-3-13-16(19(25)23-22-13)18(24)12-8-9-14(28(2,26)27)15(17(12)21)10-4-6-11(20)7-5-10/h4-9H,3H2,1-2H3,(H2,22,23,25). The number of rotatable bonds is 5. The highest BCUT2D eigenvalue weighted by Gasteiger charge is 2.27. The van der Waals surface area contributed by atoms with Crippen LogP contribution in [0.3, 0.4) is 0 Å². The maximum atomic E-state index is 13.1. The fourth-order valence-electron chi connectivity index (χ4n) is 2.93. The van der Waals surface area contributed by atoms with Gasteiger partial charge in [-0.3, -0.25) is 4.79 Å². The van der Waals surface area contributed by atoms with Crippen molar-refractivity contribution in [2.24, 2.45) is 0 Å². The lowest BCUT2D eigenvalue weighted by Gasteiger charge is -2.14. The second-order valence-corrected chi connectivity index (χ2v) is 8.95. The molecule has 28 heavy (non-hydrogen) atoms. The molecule has 1 heterocycles. The summed E-state index contributed by atoms with van der Waals surface area (Å²) in [6, 6.07) is 9.13. The molecule has 0 unspecified atom stereocenters. The van der Waals surface area contributed by atoms with Crippen LogP contribution in [-0.2, 0) is 16.3 Å². The summed E-state index contributed by atoms with van der Waals surface area (Å²) in [5, 5.41) is 16.7. The predicted molar refractivity (Wildman–Crippen MR) is 108 cm³/mol. The van der Waals surface area contributed by atoms with Gasteiger partial charge in [0.1, 0.15) is 5.56 Å². The second kappa shape index (κ2) is 7.58. The third-order valence-corrected chi connectivity index (χ3v) is 6.05. The molecule has 0 saturated heterocycles. The molecule has 0 atom stereocenters. The van der Waals surface area contributed by atoms with E-state index in [2.05, 4.69) is 10.2 Å². The maximum Gasteiger partial charge on any atom is 0.218 e. The van der Waals surface area contributed by atoms with Crippen LogP contribution in [0.15, 0.2) is 41.3 Å². The van der Waals surface area contributed by atoms with Crippen LogP contribution in [0.4, 0.5) is 0 Å². The van der Waals surface area contributed by atoms with Gasteiger partial charge in [-0.15, -0.1) is 0 Å². The third kappa shape index (κ3) is 3.65. The normalized spacial score (nSPS) is 11.6. The Morgan fingerprint density at radius 2 is 1.79 bits per heavy atom. The molecule has 0 saturated carbocycles. The molecule has 0 spiro atoms. The number of nitrogens with one attached hydrogen (secondary N) is 1. The van der Waals surface area contributed by atoms with E-state index >= 15 is 0 Å². The van der Waals surface area contributed by atoms with Gasteiger partial charge in [0, 0.05) is 22.4 Å². The predicted octanol–water partition coefficient (Wildman–Crippen LogP) is 4.29. The molecule has 1 aromatic heterocycles. The van der Waals surface area contributed by atoms with E-state index in [4.69, 9.17) is 23.2 Å². The van der Waals surface area contributed by atoms with Gasteiger partial charge in [0.05, 0.1) is 15.6 Å². The van der Waals surface area contributed by atoms with E-state index in [1.807, 2.05) is 0 Å². The number of ketones is 1. The van der Waals surface area contributed by atoms with Crippen LogP contribution < -0.4 is 0 Å². The zero-order valence-corrected chi connectivity index (χ0v) is 17.3. The van der Waals surface area contributed by atoms with Crippen molar-refractivity contribution >= 4 is 38.8 Å². The first-order valence-corrected chi connectivity index (χ1v) is 10.9. The number of sulfone groups is 1. The minimum atomic E-state index is -3.63. The molecular weight excluding hydrogens is 423 g/mol. The van der Waals surface area contributed by atoms with Crippen molar-refractivity contribution in [1.82, 2.24) is 10.2 Å². The number of H-pyrrole nitrogens is 1. The second-order valence-electron chi connectivity index (χ2n) is 6.16. The van der Waals surface area contributed by atoms with Crippen LogP contribution in [0.5, 0.6) is 5.88 Å². The molecule has 146 valence electrons. The molecule has 0 fully saturated rings. The Bertz CT molecular complexity index is 1170. The van der Waals surface area contributed by atoms with E-state index in [9.17, 15) is 18.3 Å². The molecular formula is C19H16Cl2N2O4S. The highest BCUT2D eigenvalue weighted by atomic mass is 35.5. The van der Waals surface area contributed by atoms with Crippen molar-refractivity contribution in [3.8, 4) is 17.0 Å². The molecule has 2 aromatic carbocycles. The lowest BCUT2D eigenvalue weighted by molar-refractivity contribution is 0.103. The maximum absolute atomic E-state index is 13.1. The van der Waals surface area contributed by atoms with Crippen molar-refractivity contribution in [3.63, 3.8) is 0 Å². The zero-order valence-electron chi connectivity index (χ0n) is 15.0. The largest absolute Gasteiger partial charge is 0.493 e. The Morgan fingerprint density at radius 1 is 1.14 bits per heavy atom. The summed E-state index contributed by atoms with van der Waals surface area (Å²) in [5.74, 6) is -0.915. The van der Waals surface area contributed by atoms with Crippen LogP contribution >= 0.6 is 23.2 Å². The van der Waals surface area contributed by atoms with Crippen molar-refractivity contribution in [1.29, 1.82) is 0 Å². The molecule has 0 aliphatic carbocycles. The minimum Gasteiger partial charge on any atom is -0.493 e. The first-order valence-electron chi connectivity index (χ1n) is 8.24. The first-order chi connectivity index (χ1) is 13.1. The molecule has 0 aliphatic rings. The van der Waals surface area contributed by atoms with Gasteiger partial charge in [0.25, 0.3) is 0 Å². The van der Waals surface area contributed by atoms with Crippen molar-refractivity contribution < 1.29 is 18.3 Å². The van der Waals surface area contributed by atoms with Crippen LogP contribution in [0.1, 0.15) is 28.5 Å². The monoisotopic (exact) mass is 438 g/mol. The number of benzene rings is 2. The van der Waals surface area contributed by atoms with E-state index in [0.29, 0.717) is 22.7 Å². The lowest BCUT2D eigenvalue weighted by Crippen LogP contribution is -2.08. The molecule has 6 nitrogen and oxygen atoms in total. The van der Waals surface area contributed by atoms with Gasteiger partial charge in [-0.05, 0) is 36.2 Å². The topological polar surface area (TPSA) is 100 Å². The number of nitrogens with zero attached hydrogens (tertiary/aromatic N) is 1. The van der Waals surface area contributed by atoms with E-state index in [0.717, 1.165) is 6.26 Å². The fourth-order valence-corrected chi connectivity index (χ4v) is 4.37. The van der Waals surface area contributed by atoms with E-state index in [1.165, 1.54) is 12.1 Å². The average molecular weight is 439 g/mol. The first kappa shape index (κ1) is 20.4. The summed E-state index contributed by atoms with van der Waals surface area (Å²) in [5.41, 5.74) is 1.16. The molecule has 3 aromatic rings. The average Bonchev–Trinajstić information content (AvgIpc) is 3.01. The Balaban J connectivity index is 2.28. The van der Waals surface area contributed by atoms with Crippen molar-refractivity contribution in [3.05, 3.63) is 63.3 Å². The van der Waals surface area contributed by atoms with Crippen molar-refractivity contribution in [2.75, 3.05) is 6.26 Å². The van der Waals surface area contributed by atoms with E-state index in [1.54, 1.807) is 31.2 Å². The minimum absolute atomic E-state index is 0.0106. The quantitative estimate of drug-likeness (QED) is 0.578. The van der Waals surface area contributed by atoms with Crippen LogP contribution in [-0.4, -0.2) is 35.8 Å². The Labute approximate surface area is 172 Å². The number of aromatic hydroxyl groups is 1. The molecule has 3 rings (SSSR count). The Hall–Kier alpha value is -2.35. The third-order valence-electron chi connectivity index (χ3n) is 4.26. The van der Waals surface area contributed by atoms with Gasteiger partial charge in [0.15, 0.2) is 9.84 Å². The molecule has 0 amide bonds. The summed E-state index contributed by atoms with van der Waals surface area (Å²) < 4.78 is 24.6. The number of hydrogen-bond donors (Lipinski definition) is 2. The number of halogens is 2.